The van der Waals surface area contributed by atoms with Crippen molar-refractivity contribution in [3.05, 3.63) is 216 Å². The highest BCUT2D eigenvalue weighted by atomic mass is 16.5. The van der Waals surface area contributed by atoms with Gasteiger partial charge in [0, 0.05) is 33.6 Å². The first-order chi connectivity index (χ1) is 28.2. The van der Waals surface area contributed by atoms with E-state index in [1.807, 2.05) is 72.8 Å². The van der Waals surface area contributed by atoms with Gasteiger partial charge in [0.05, 0.1) is 34.2 Å². The largest absolute Gasteiger partial charge is 0.453 e. The summed E-state index contributed by atoms with van der Waals surface area (Å²) in [6.45, 7) is 0. The van der Waals surface area contributed by atoms with E-state index < -0.39 is 5.66 Å². The van der Waals surface area contributed by atoms with Gasteiger partial charge in [-0.1, -0.05) is 121 Å². The Hall–Kier alpha value is -7.70. The van der Waals surface area contributed by atoms with Crippen LogP contribution in [0.3, 0.4) is 0 Å². The summed E-state index contributed by atoms with van der Waals surface area (Å²) in [7, 11) is 0. The minimum atomic E-state index is -0.903. The molecule has 12 rings (SSSR count). The lowest BCUT2D eigenvalue weighted by Gasteiger charge is -2.32. The van der Waals surface area contributed by atoms with E-state index in [2.05, 4.69) is 131 Å². The predicted molar refractivity (Wildman–Crippen MR) is 228 cm³/mol. The van der Waals surface area contributed by atoms with E-state index in [1.54, 1.807) is 0 Å². The van der Waals surface area contributed by atoms with Crippen LogP contribution in [0.5, 0.6) is 23.0 Å². The number of benzene rings is 8. The van der Waals surface area contributed by atoms with E-state index in [4.69, 9.17) is 19.5 Å². The minimum Gasteiger partial charge on any atom is -0.453 e. The first-order valence-corrected chi connectivity index (χ1v) is 19.2. The van der Waals surface area contributed by atoms with Crippen molar-refractivity contribution in [2.24, 2.45) is 9.98 Å². The van der Waals surface area contributed by atoms with Crippen molar-refractivity contribution in [1.29, 1.82) is 0 Å². The van der Waals surface area contributed by atoms with E-state index in [1.165, 1.54) is 11.1 Å². The number of ether oxygens (including phenoxy) is 2. The molecule has 0 N–H and O–H groups in total. The summed E-state index contributed by atoms with van der Waals surface area (Å²) < 4.78 is 12.6. The third-order valence-electron chi connectivity index (χ3n) is 11.3. The number of rotatable bonds is 4. The lowest BCUT2D eigenvalue weighted by atomic mass is 9.99. The number of para-hydroxylation sites is 8. The van der Waals surface area contributed by atoms with E-state index >= 15 is 0 Å². The van der Waals surface area contributed by atoms with E-state index in [9.17, 15) is 0 Å². The normalized spacial score (nSPS) is 14.9. The molecular formula is C51H32N4O2. The Bertz CT molecular complexity index is 2690. The maximum absolute atomic E-state index is 6.30. The second-order valence-corrected chi connectivity index (χ2v) is 14.5. The molecule has 6 heteroatoms. The number of anilines is 6. The molecule has 0 radical (unpaired) electrons. The van der Waals surface area contributed by atoms with E-state index in [0.29, 0.717) is 0 Å². The molecule has 8 aromatic carbocycles. The van der Waals surface area contributed by atoms with Crippen LogP contribution < -0.4 is 19.3 Å². The average Bonchev–Trinajstić information content (AvgIpc) is 3.81. The summed E-state index contributed by atoms with van der Waals surface area (Å²) in [5.41, 5.74) is 13.3. The molecule has 0 fully saturated rings. The lowest BCUT2D eigenvalue weighted by molar-refractivity contribution is 0.477. The number of nitrogens with zero attached hydrogens (tertiary/aromatic N) is 4. The molecule has 57 heavy (non-hydrogen) atoms. The van der Waals surface area contributed by atoms with Gasteiger partial charge in [-0.15, -0.1) is 0 Å². The van der Waals surface area contributed by atoms with Crippen LogP contribution in [0.2, 0.25) is 0 Å². The minimum absolute atomic E-state index is 0.822. The number of hydrogen-bond acceptors (Lipinski definition) is 6. The fourth-order valence-electron chi connectivity index (χ4n) is 8.79. The van der Waals surface area contributed by atoms with Crippen molar-refractivity contribution in [1.82, 2.24) is 0 Å². The zero-order valence-corrected chi connectivity index (χ0v) is 30.6. The monoisotopic (exact) mass is 732 g/mol. The van der Waals surface area contributed by atoms with Crippen molar-refractivity contribution in [3.63, 3.8) is 0 Å². The summed E-state index contributed by atoms with van der Waals surface area (Å²) in [4.78, 5) is 15.9. The van der Waals surface area contributed by atoms with Crippen molar-refractivity contribution >= 4 is 45.5 Å². The van der Waals surface area contributed by atoms with Gasteiger partial charge < -0.3 is 19.3 Å². The van der Waals surface area contributed by atoms with Gasteiger partial charge in [-0.05, 0) is 83.9 Å². The van der Waals surface area contributed by atoms with Crippen LogP contribution in [-0.2, 0) is 5.66 Å². The average molecular weight is 733 g/mol. The molecule has 268 valence electrons. The Morgan fingerprint density at radius 2 is 0.649 bits per heavy atom. The molecule has 0 saturated carbocycles. The summed E-state index contributed by atoms with van der Waals surface area (Å²) in [5, 5.41) is 0. The first kappa shape index (κ1) is 31.6. The summed E-state index contributed by atoms with van der Waals surface area (Å²) >= 11 is 0. The predicted octanol–water partition coefficient (Wildman–Crippen LogP) is 13.0. The highest BCUT2D eigenvalue weighted by Crippen LogP contribution is 2.54. The van der Waals surface area contributed by atoms with Crippen LogP contribution in [0, 0.1) is 0 Å². The van der Waals surface area contributed by atoms with Crippen molar-refractivity contribution < 1.29 is 9.47 Å². The highest BCUT2D eigenvalue weighted by molar-refractivity contribution is 6.54. The fraction of sp³-hybridized carbons (Fsp3) is 0.0196. The molecule has 3 aliphatic heterocycles. The number of aliphatic imine (C=N–C) groups is 2. The third kappa shape index (κ3) is 4.71. The second-order valence-electron chi connectivity index (χ2n) is 14.5. The maximum Gasteiger partial charge on any atom is 0.204 e. The SMILES string of the molecule is c1ccc2c(c1)Oc1ccccc1N2c1ccc(C2=NC3(N=C2c2ccc(N4c5ccccc5Oc5ccccc54)cc2)c2ccccc2-c2ccccc23)cc1. The second kappa shape index (κ2) is 12.2. The van der Waals surface area contributed by atoms with Crippen LogP contribution in [0.4, 0.5) is 34.1 Å². The van der Waals surface area contributed by atoms with E-state index in [0.717, 1.165) is 90.8 Å². The molecule has 0 unspecified atom stereocenters. The zero-order valence-electron chi connectivity index (χ0n) is 30.6. The molecule has 0 atom stereocenters. The Morgan fingerprint density at radius 3 is 1.02 bits per heavy atom. The van der Waals surface area contributed by atoms with Gasteiger partial charge in [0.2, 0.25) is 5.66 Å². The smallest absolute Gasteiger partial charge is 0.204 e. The Morgan fingerprint density at radius 1 is 0.333 bits per heavy atom. The van der Waals surface area contributed by atoms with Gasteiger partial charge in [0.15, 0.2) is 23.0 Å². The van der Waals surface area contributed by atoms with Crippen LogP contribution in [0.25, 0.3) is 11.1 Å². The zero-order chi connectivity index (χ0) is 37.5. The topological polar surface area (TPSA) is 49.7 Å². The molecule has 4 aliphatic rings. The Labute approximate surface area is 329 Å². The van der Waals surface area contributed by atoms with Gasteiger partial charge in [-0.25, -0.2) is 9.98 Å². The molecule has 0 aromatic heterocycles. The van der Waals surface area contributed by atoms with Crippen molar-refractivity contribution in [2.45, 2.75) is 5.66 Å². The molecule has 0 bridgehead atoms. The molecule has 6 nitrogen and oxygen atoms in total. The van der Waals surface area contributed by atoms with Gasteiger partial charge in [-0.2, -0.15) is 0 Å². The van der Waals surface area contributed by atoms with Crippen molar-refractivity contribution in [3.8, 4) is 34.1 Å². The molecule has 0 saturated heterocycles. The van der Waals surface area contributed by atoms with Gasteiger partial charge >= 0.3 is 0 Å². The Balaban J connectivity index is 0.995. The quantitative estimate of drug-likeness (QED) is 0.181. The lowest BCUT2D eigenvalue weighted by Crippen LogP contribution is -2.17. The van der Waals surface area contributed by atoms with Gasteiger partial charge in [-0.3, -0.25) is 0 Å². The summed E-state index contributed by atoms with van der Waals surface area (Å²) in [6.07, 6.45) is 0. The van der Waals surface area contributed by atoms with Crippen molar-refractivity contribution in [2.75, 3.05) is 9.80 Å². The third-order valence-corrected chi connectivity index (χ3v) is 11.3. The first-order valence-electron chi connectivity index (χ1n) is 19.2. The van der Waals surface area contributed by atoms with Gasteiger partial charge in [0.25, 0.3) is 0 Å². The fourth-order valence-corrected chi connectivity index (χ4v) is 8.79. The van der Waals surface area contributed by atoms with Gasteiger partial charge in [0.1, 0.15) is 0 Å². The highest BCUT2D eigenvalue weighted by Gasteiger charge is 2.47. The van der Waals surface area contributed by atoms with Crippen LogP contribution in [-0.4, -0.2) is 11.4 Å². The molecule has 8 aromatic rings. The summed E-state index contributed by atoms with van der Waals surface area (Å²) in [5.74, 6) is 3.29. The number of fused-ring (bicyclic) bond motifs is 9. The molecule has 3 heterocycles. The molecule has 1 spiro atoms. The Kier molecular flexibility index (Phi) is 6.74. The standard InChI is InChI=1S/C51H32N4O2/c1-3-15-39-37(13-1)38-14-2-4-16-40(38)51(39)52-49(33-25-29-35(30-26-33)54-41-17-5-9-21-45(41)56-46-22-10-6-18-42(46)54)50(53-51)34-27-31-36(32-28-34)55-43-19-7-11-23-47(43)57-48-24-12-8-20-44(48)55/h1-32H. The molecular weight excluding hydrogens is 701 g/mol. The van der Waals surface area contributed by atoms with Crippen LogP contribution in [0.15, 0.2) is 204 Å². The number of hydrogen-bond donors (Lipinski definition) is 0. The molecule has 0 amide bonds. The molecule has 1 aliphatic carbocycles. The maximum atomic E-state index is 6.30. The summed E-state index contributed by atoms with van der Waals surface area (Å²) in [6, 6.07) is 67.2. The van der Waals surface area contributed by atoms with E-state index in [-0.39, 0.29) is 0 Å². The van der Waals surface area contributed by atoms with Crippen LogP contribution in [0.1, 0.15) is 22.3 Å². The van der Waals surface area contributed by atoms with Crippen LogP contribution >= 0.6 is 0 Å².